The Hall–Kier alpha value is -1.51. The zero-order valence-electron chi connectivity index (χ0n) is 12.6. The van der Waals surface area contributed by atoms with Gasteiger partial charge in [-0.25, -0.2) is 0 Å². The summed E-state index contributed by atoms with van der Waals surface area (Å²) in [6, 6.07) is 8.52. The summed E-state index contributed by atoms with van der Waals surface area (Å²) in [5, 5.41) is 3.26. The van der Waals surface area contributed by atoms with Gasteiger partial charge in [0.05, 0.1) is 6.61 Å². The highest BCUT2D eigenvalue weighted by atomic mass is 16.5. The van der Waals surface area contributed by atoms with Gasteiger partial charge in [-0.15, -0.1) is 0 Å². The Morgan fingerprint density at radius 1 is 1.10 bits per heavy atom. The first-order valence-electron chi connectivity index (χ1n) is 8.34. The monoisotopic (exact) mass is 287 g/mol. The Morgan fingerprint density at radius 2 is 1.86 bits per heavy atom. The fraction of sp³-hybridized carbons (Fsp3) is 0.611. The summed E-state index contributed by atoms with van der Waals surface area (Å²) >= 11 is 0. The van der Waals surface area contributed by atoms with E-state index in [0.717, 1.165) is 31.6 Å². The number of nitrogens with one attached hydrogen (secondary N) is 1. The Labute approximate surface area is 127 Å². The van der Waals surface area contributed by atoms with E-state index in [2.05, 4.69) is 11.4 Å². The third-order valence-electron chi connectivity index (χ3n) is 4.73. The lowest BCUT2D eigenvalue weighted by atomic mass is 9.90. The van der Waals surface area contributed by atoms with E-state index in [9.17, 15) is 4.79 Å². The quantitative estimate of drug-likeness (QED) is 0.859. The maximum atomic E-state index is 12.3. The van der Waals surface area contributed by atoms with Crippen molar-refractivity contribution in [3.63, 3.8) is 0 Å². The molecule has 1 amide bonds. The van der Waals surface area contributed by atoms with Crippen molar-refractivity contribution in [2.75, 3.05) is 6.61 Å². The van der Waals surface area contributed by atoms with E-state index in [1.807, 2.05) is 18.2 Å². The number of ether oxygens (including phenoxy) is 1. The molecule has 1 aliphatic carbocycles. The highest BCUT2D eigenvalue weighted by Crippen LogP contribution is 2.35. The number of carbonyl (C=O) groups excluding carboxylic acids is 1. The van der Waals surface area contributed by atoms with Crippen LogP contribution in [0, 0.1) is 0 Å². The molecule has 21 heavy (non-hydrogen) atoms. The Bertz CT molecular complexity index is 478. The number of carbonyl (C=O) groups is 1. The zero-order chi connectivity index (χ0) is 14.5. The van der Waals surface area contributed by atoms with Gasteiger partial charge < -0.3 is 10.1 Å². The van der Waals surface area contributed by atoms with Crippen molar-refractivity contribution in [2.45, 2.75) is 63.3 Å². The van der Waals surface area contributed by atoms with Gasteiger partial charge in [0.15, 0.2) is 0 Å². The number of para-hydroxylation sites is 1. The summed E-state index contributed by atoms with van der Waals surface area (Å²) in [6.45, 7) is 0.721. The van der Waals surface area contributed by atoms with Crippen molar-refractivity contribution in [3.8, 4) is 5.75 Å². The number of hydrogen-bond acceptors (Lipinski definition) is 2. The SMILES string of the molecule is O=C(CC1CCOc2ccccc21)NC1CCCCCC1. The lowest BCUT2D eigenvalue weighted by Gasteiger charge is -2.26. The number of amides is 1. The number of hydrogen-bond donors (Lipinski definition) is 1. The maximum absolute atomic E-state index is 12.3. The lowest BCUT2D eigenvalue weighted by Crippen LogP contribution is -2.35. The first-order valence-corrected chi connectivity index (χ1v) is 8.34. The summed E-state index contributed by atoms with van der Waals surface area (Å²) in [4.78, 5) is 12.3. The van der Waals surface area contributed by atoms with Crippen molar-refractivity contribution in [1.29, 1.82) is 0 Å². The molecule has 1 aromatic carbocycles. The molecule has 0 radical (unpaired) electrons. The minimum atomic E-state index is 0.212. The van der Waals surface area contributed by atoms with Crippen LogP contribution in [-0.4, -0.2) is 18.6 Å². The molecule has 0 aromatic heterocycles. The van der Waals surface area contributed by atoms with Crippen LogP contribution in [0.2, 0.25) is 0 Å². The van der Waals surface area contributed by atoms with E-state index in [4.69, 9.17) is 4.74 Å². The molecule has 1 heterocycles. The molecule has 3 nitrogen and oxygen atoms in total. The summed E-state index contributed by atoms with van der Waals surface area (Å²) in [5.74, 6) is 1.47. The van der Waals surface area contributed by atoms with Crippen LogP contribution >= 0.6 is 0 Å². The second-order valence-corrected chi connectivity index (χ2v) is 6.33. The molecule has 3 rings (SSSR count). The van der Waals surface area contributed by atoms with Gasteiger partial charge >= 0.3 is 0 Å². The zero-order valence-corrected chi connectivity index (χ0v) is 12.6. The molecule has 0 spiro atoms. The van der Waals surface area contributed by atoms with Crippen molar-refractivity contribution in [3.05, 3.63) is 29.8 Å². The third kappa shape index (κ3) is 3.78. The summed E-state index contributed by atoms with van der Waals surface area (Å²) in [6.07, 6.45) is 8.98. The predicted molar refractivity (Wildman–Crippen MR) is 83.5 cm³/mol. The van der Waals surface area contributed by atoms with E-state index in [1.54, 1.807) is 0 Å². The Kier molecular flexibility index (Phi) is 4.79. The smallest absolute Gasteiger partial charge is 0.220 e. The van der Waals surface area contributed by atoms with Crippen LogP contribution in [0.25, 0.3) is 0 Å². The van der Waals surface area contributed by atoms with Gasteiger partial charge in [-0.2, -0.15) is 0 Å². The normalized spacial score (nSPS) is 22.8. The molecule has 1 N–H and O–H groups in total. The van der Waals surface area contributed by atoms with Gasteiger partial charge in [-0.05, 0) is 36.8 Å². The van der Waals surface area contributed by atoms with E-state index >= 15 is 0 Å². The molecule has 114 valence electrons. The minimum Gasteiger partial charge on any atom is -0.493 e. The molecule has 0 bridgehead atoms. The maximum Gasteiger partial charge on any atom is 0.220 e. The van der Waals surface area contributed by atoms with Crippen molar-refractivity contribution in [2.24, 2.45) is 0 Å². The van der Waals surface area contributed by atoms with Crippen LogP contribution in [0.4, 0.5) is 0 Å². The average Bonchev–Trinajstić information content (AvgIpc) is 2.76. The van der Waals surface area contributed by atoms with Crippen LogP contribution in [0.5, 0.6) is 5.75 Å². The summed E-state index contributed by atoms with van der Waals surface area (Å²) < 4.78 is 5.67. The molecule has 1 aromatic rings. The van der Waals surface area contributed by atoms with Gasteiger partial charge in [0, 0.05) is 12.5 Å². The first kappa shape index (κ1) is 14.4. The minimum absolute atomic E-state index is 0.212. The van der Waals surface area contributed by atoms with Crippen LogP contribution in [0.1, 0.15) is 62.8 Å². The highest BCUT2D eigenvalue weighted by molar-refractivity contribution is 5.77. The van der Waals surface area contributed by atoms with Crippen molar-refractivity contribution >= 4 is 5.91 Å². The topological polar surface area (TPSA) is 38.3 Å². The van der Waals surface area contributed by atoms with Crippen LogP contribution in [0.15, 0.2) is 24.3 Å². The standard InChI is InChI=1S/C18H25NO2/c20-18(19-15-7-3-1-2-4-8-15)13-14-11-12-21-17-10-6-5-9-16(14)17/h5-6,9-10,14-15H,1-4,7-8,11-13H2,(H,19,20). The lowest BCUT2D eigenvalue weighted by molar-refractivity contribution is -0.122. The van der Waals surface area contributed by atoms with E-state index in [0.29, 0.717) is 18.4 Å². The predicted octanol–water partition coefficient (Wildman–Crippen LogP) is 3.78. The summed E-state index contributed by atoms with van der Waals surface area (Å²) in [7, 11) is 0. The van der Waals surface area contributed by atoms with Gasteiger partial charge in [0.2, 0.25) is 5.91 Å². The largest absolute Gasteiger partial charge is 0.493 e. The molecule has 1 unspecified atom stereocenters. The molecule has 1 atom stereocenters. The van der Waals surface area contributed by atoms with Gasteiger partial charge in [-0.1, -0.05) is 43.9 Å². The van der Waals surface area contributed by atoms with Crippen LogP contribution < -0.4 is 10.1 Å². The Morgan fingerprint density at radius 3 is 2.67 bits per heavy atom. The van der Waals surface area contributed by atoms with E-state index in [-0.39, 0.29) is 5.91 Å². The van der Waals surface area contributed by atoms with Crippen LogP contribution in [0.3, 0.4) is 0 Å². The van der Waals surface area contributed by atoms with Crippen molar-refractivity contribution in [1.82, 2.24) is 5.32 Å². The van der Waals surface area contributed by atoms with Gasteiger partial charge in [0.25, 0.3) is 0 Å². The average molecular weight is 287 g/mol. The molecule has 2 aliphatic rings. The van der Waals surface area contributed by atoms with Crippen molar-refractivity contribution < 1.29 is 9.53 Å². The second kappa shape index (κ2) is 6.97. The molecule has 1 aliphatic heterocycles. The van der Waals surface area contributed by atoms with Gasteiger partial charge in [-0.3, -0.25) is 4.79 Å². The fourth-order valence-electron chi connectivity index (χ4n) is 3.56. The second-order valence-electron chi connectivity index (χ2n) is 6.33. The number of fused-ring (bicyclic) bond motifs is 1. The molecule has 3 heteroatoms. The fourth-order valence-corrected chi connectivity index (χ4v) is 3.56. The molecular formula is C18H25NO2. The summed E-state index contributed by atoms with van der Waals surface area (Å²) in [5.41, 5.74) is 1.19. The first-order chi connectivity index (χ1) is 10.3. The number of benzene rings is 1. The number of rotatable bonds is 3. The molecule has 0 saturated heterocycles. The van der Waals surface area contributed by atoms with Gasteiger partial charge in [0.1, 0.15) is 5.75 Å². The molecular weight excluding hydrogens is 262 g/mol. The molecule has 1 fully saturated rings. The van der Waals surface area contributed by atoms with E-state index in [1.165, 1.54) is 31.2 Å². The highest BCUT2D eigenvalue weighted by Gasteiger charge is 2.24. The Balaban J connectivity index is 1.58. The third-order valence-corrected chi connectivity index (χ3v) is 4.73. The van der Waals surface area contributed by atoms with E-state index < -0.39 is 0 Å². The van der Waals surface area contributed by atoms with Crippen LogP contribution in [-0.2, 0) is 4.79 Å². The molecule has 1 saturated carbocycles.